The fraction of sp³-hybridized carbons (Fsp3) is 0.250. The zero-order chi connectivity index (χ0) is 15.2. The highest BCUT2D eigenvalue weighted by Crippen LogP contribution is 2.33. The van der Waals surface area contributed by atoms with Crippen molar-refractivity contribution in [1.29, 1.82) is 0 Å². The number of rotatable bonds is 6. The van der Waals surface area contributed by atoms with Crippen LogP contribution >= 0.6 is 27.7 Å². The molecule has 2 rings (SSSR count). The molecular formula is C16H17BrFNOS. The number of nitrogens with one attached hydrogen (secondary N) is 1. The number of halogens is 2. The van der Waals surface area contributed by atoms with Gasteiger partial charge in [-0.2, -0.15) is 0 Å². The molecule has 0 radical (unpaired) electrons. The first-order chi connectivity index (χ1) is 10.2. The summed E-state index contributed by atoms with van der Waals surface area (Å²) >= 11 is 5.25. The minimum Gasteiger partial charge on any atom is -0.496 e. The van der Waals surface area contributed by atoms with E-state index in [9.17, 15) is 4.39 Å². The number of hydrogen-bond acceptors (Lipinski definition) is 3. The van der Waals surface area contributed by atoms with Gasteiger partial charge in [0.05, 0.1) is 7.11 Å². The second-order valence-electron chi connectivity index (χ2n) is 4.47. The first-order valence-corrected chi connectivity index (χ1v) is 8.31. The van der Waals surface area contributed by atoms with Crippen LogP contribution in [0.1, 0.15) is 11.6 Å². The van der Waals surface area contributed by atoms with Crippen LogP contribution in [0.15, 0.2) is 51.8 Å². The Balaban J connectivity index is 2.17. The van der Waals surface area contributed by atoms with E-state index in [2.05, 4.69) is 27.3 Å². The summed E-state index contributed by atoms with van der Waals surface area (Å²) in [7, 11) is 3.47. The van der Waals surface area contributed by atoms with Crippen LogP contribution in [0.5, 0.6) is 5.75 Å². The molecule has 0 heterocycles. The van der Waals surface area contributed by atoms with Gasteiger partial charge >= 0.3 is 0 Å². The average Bonchev–Trinajstić information content (AvgIpc) is 2.50. The maximum absolute atomic E-state index is 13.5. The summed E-state index contributed by atoms with van der Waals surface area (Å²) in [6.07, 6.45) is 0. The van der Waals surface area contributed by atoms with E-state index in [1.165, 1.54) is 12.1 Å². The lowest BCUT2D eigenvalue weighted by Crippen LogP contribution is -2.19. The Kier molecular flexibility index (Phi) is 6.08. The maximum Gasteiger partial charge on any atom is 0.123 e. The molecule has 0 aliphatic rings. The minimum absolute atomic E-state index is 0.00718. The van der Waals surface area contributed by atoms with Gasteiger partial charge in [0, 0.05) is 26.7 Å². The molecule has 0 fully saturated rings. The van der Waals surface area contributed by atoms with Crippen molar-refractivity contribution in [3.8, 4) is 5.75 Å². The van der Waals surface area contributed by atoms with Crippen molar-refractivity contribution < 1.29 is 9.13 Å². The molecule has 0 bridgehead atoms. The fourth-order valence-electron chi connectivity index (χ4n) is 2.04. The molecule has 2 aromatic rings. The van der Waals surface area contributed by atoms with Gasteiger partial charge in [-0.3, -0.25) is 0 Å². The van der Waals surface area contributed by atoms with Gasteiger partial charge in [-0.25, -0.2) is 4.39 Å². The van der Waals surface area contributed by atoms with E-state index in [0.29, 0.717) is 5.75 Å². The van der Waals surface area contributed by atoms with Gasteiger partial charge in [0.1, 0.15) is 11.6 Å². The number of ether oxygens (including phenoxy) is 1. The van der Waals surface area contributed by atoms with Crippen LogP contribution < -0.4 is 10.1 Å². The Bertz CT molecular complexity index is 609. The zero-order valence-electron chi connectivity index (χ0n) is 11.9. The molecule has 0 aliphatic carbocycles. The molecule has 112 valence electrons. The predicted octanol–water partition coefficient (Wildman–Crippen LogP) is 4.65. The van der Waals surface area contributed by atoms with Crippen molar-refractivity contribution in [2.45, 2.75) is 10.9 Å². The molecule has 0 saturated carbocycles. The lowest BCUT2D eigenvalue weighted by atomic mass is 10.1. The highest BCUT2D eigenvalue weighted by molar-refractivity contribution is 9.10. The standard InChI is InChI=1S/C16H17BrFNOS/c1-19-14(10-21-16-6-4-3-5-13(16)17)12-9-11(18)7-8-15(12)20-2/h3-9,14,19H,10H2,1-2H3. The van der Waals surface area contributed by atoms with Gasteiger partial charge in [-0.1, -0.05) is 12.1 Å². The first-order valence-electron chi connectivity index (χ1n) is 6.53. The Morgan fingerprint density at radius 3 is 2.71 bits per heavy atom. The van der Waals surface area contributed by atoms with Crippen molar-refractivity contribution in [1.82, 2.24) is 5.32 Å². The third-order valence-corrected chi connectivity index (χ3v) is 5.28. The molecule has 2 aromatic carbocycles. The summed E-state index contributed by atoms with van der Waals surface area (Å²) in [5, 5.41) is 3.23. The molecule has 2 nitrogen and oxygen atoms in total. The SMILES string of the molecule is CNC(CSc1ccccc1Br)c1cc(F)ccc1OC. The Morgan fingerprint density at radius 1 is 1.29 bits per heavy atom. The lowest BCUT2D eigenvalue weighted by molar-refractivity contribution is 0.402. The van der Waals surface area contributed by atoms with Crippen molar-refractivity contribution in [3.05, 3.63) is 58.3 Å². The second kappa shape index (κ2) is 7.82. The van der Waals surface area contributed by atoms with Gasteiger partial charge in [-0.15, -0.1) is 11.8 Å². The van der Waals surface area contributed by atoms with E-state index in [1.54, 1.807) is 24.9 Å². The van der Waals surface area contributed by atoms with Crippen LogP contribution in [0, 0.1) is 5.82 Å². The summed E-state index contributed by atoms with van der Waals surface area (Å²) in [6, 6.07) is 12.7. The predicted molar refractivity (Wildman–Crippen MR) is 89.6 cm³/mol. The van der Waals surface area contributed by atoms with Crippen molar-refractivity contribution in [2.24, 2.45) is 0 Å². The third kappa shape index (κ3) is 4.22. The van der Waals surface area contributed by atoms with E-state index in [0.717, 1.165) is 20.7 Å². The molecule has 5 heteroatoms. The first kappa shape index (κ1) is 16.3. The summed E-state index contributed by atoms with van der Waals surface area (Å²) in [5.74, 6) is 1.22. The van der Waals surface area contributed by atoms with E-state index in [4.69, 9.17) is 4.74 Å². The molecule has 0 aromatic heterocycles. The molecule has 1 atom stereocenters. The third-order valence-electron chi connectivity index (χ3n) is 3.16. The number of benzene rings is 2. The van der Waals surface area contributed by atoms with Gasteiger partial charge in [0.25, 0.3) is 0 Å². The molecule has 0 aliphatic heterocycles. The smallest absolute Gasteiger partial charge is 0.123 e. The van der Waals surface area contributed by atoms with E-state index >= 15 is 0 Å². The number of thioether (sulfide) groups is 1. The average molecular weight is 370 g/mol. The van der Waals surface area contributed by atoms with Crippen LogP contribution in [0.25, 0.3) is 0 Å². The normalized spacial score (nSPS) is 12.2. The maximum atomic E-state index is 13.5. The summed E-state index contributed by atoms with van der Waals surface area (Å²) in [6.45, 7) is 0. The van der Waals surface area contributed by atoms with Crippen molar-refractivity contribution in [3.63, 3.8) is 0 Å². The van der Waals surface area contributed by atoms with Gasteiger partial charge in [0.15, 0.2) is 0 Å². The minimum atomic E-state index is -0.253. The fourth-order valence-corrected chi connectivity index (χ4v) is 3.74. The molecular weight excluding hydrogens is 353 g/mol. The van der Waals surface area contributed by atoms with Crippen LogP contribution in [0.4, 0.5) is 4.39 Å². The monoisotopic (exact) mass is 369 g/mol. The summed E-state index contributed by atoms with van der Waals surface area (Å²) < 4.78 is 19.9. The molecule has 1 N–H and O–H groups in total. The molecule has 0 spiro atoms. The molecule has 0 amide bonds. The molecule has 1 unspecified atom stereocenters. The van der Waals surface area contributed by atoms with Crippen molar-refractivity contribution in [2.75, 3.05) is 19.9 Å². The topological polar surface area (TPSA) is 21.3 Å². The van der Waals surface area contributed by atoms with Crippen LogP contribution in [-0.2, 0) is 0 Å². The zero-order valence-corrected chi connectivity index (χ0v) is 14.3. The molecule has 21 heavy (non-hydrogen) atoms. The summed E-state index contributed by atoms with van der Waals surface area (Å²) in [4.78, 5) is 1.16. The van der Waals surface area contributed by atoms with Gasteiger partial charge in [-0.05, 0) is 53.3 Å². The number of hydrogen-bond donors (Lipinski definition) is 1. The van der Waals surface area contributed by atoms with Gasteiger partial charge in [0.2, 0.25) is 0 Å². The number of methoxy groups -OCH3 is 1. The largest absolute Gasteiger partial charge is 0.496 e. The lowest BCUT2D eigenvalue weighted by Gasteiger charge is -2.19. The Morgan fingerprint density at radius 2 is 2.05 bits per heavy atom. The Labute approximate surface area is 137 Å². The van der Waals surface area contributed by atoms with Crippen LogP contribution in [0.3, 0.4) is 0 Å². The highest BCUT2D eigenvalue weighted by Gasteiger charge is 2.16. The molecule has 0 saturated heterocycles. The van der Waals surface area contributed by atoms with Crippen LogP contribution in [-0.4, -0.2) is 19.9 Å². The highest BCUT2D eigenvalue weighted by atomic mass is 79.9. The van der Waals surface area contributed by atoms with Crippen LogP contribution in [0.2, 0.25) is 0 Å². The van der Waals surface area contributed by atoms with E-state index < -0.39 is 0 Å². The van der Waals surface area contributed by atoms with E-state index in [1.807, 2.05) is 25.2 Å². The van der Waals surface area contributed by atoms with Crippen molar-refractivity contribution >= 4 is 27.7 Å². The second-order valence-corrected chi connectivity index (χ2v) is 6.39. The quantitative estimate of drug-likeness (QED) is 0.748. The summed E-state index contributed by atoms with van der Waals surface area (Å²) in [5.41, 5.74) is 0.833. The van der Waals surface area contributed by atoms with E-state index in [-0.39, 0.29) is 11.9 Å². The van der Waals surface area contributed by atoms with Gasteiger partial charge < -0.3 is 10.1 Å². The Hall–Kier alpha value is -1.04.